The number of rotatable bonds is 23. The zero-order valence-electron chi connectivity index (χ0n) is 59.0. The molecule has 1 saturated carbocycles. The number of methoxy groups -OCH3 is 2. The highest BCUT2D eigenvalue weighted by Crippen LogP contribution is 2.42. The largest absolute Gasteiger partial charge is 0.459 e. The molecule has 0 radical (unpaired) electrons. The molecule has 1 amide bonds. The molecule has 0 aromatic heterocycles. The number of nitrogens with two attached hydrogens (primary N) is 4. The number of nitrogens with one attached hydrogen (secondary N) is 1. The summed E-state index contributed by atoms with van der Waals surface area (Å²) < 4.78 is 70.6. The molecule has 35 nitrogen and oxygen atoms in total. The van der Waals surface area contributed by atoms with Gasteiger partial charge in [0.05, 0.1) is 85.3 Å². The first-order valence-electron chi connectivity index (χ1n) is 33.8. The number of nitrogens with zero attached hydrogens (tertiary/aromatic N) is 2. The van der Waals surface area contributed by atoms with Gasteiger partial charge in [-0.1, -0.05) is 32.9 Å². The summed E-state index contributed by atoms with van der Waals surface area (Å²) in [7, 11) is 6.76. The first-order valence-corrected chi connectivity index (χ1v) is 33.8. The molecule has 0 spiro atoms. The zero-order chi connectivity index (χ0) is 73.8. The second-order valence-corrected chi connectivity index (χ2v) is 28.1. The number of carbonyl (C=O) groups excluding carboxylic acids is 2. The highest BCUT2D eigenvalue weighted by molar-refractivity contribution is 5.89. The average Bonchev–Trinajstić information content (AvgIpc) is 0.781. The maximum absolute atomic E-state index is 14.3. The van der Waals surface area contributed by atoms with E-state index in [1.165, 1.54) is 14.0 Å². The van der Waals surface area contributed by atoms with Crippen LogP contribution in [0.3, 0.4) is 0 Å². The maximum Gasteiger partial charge on any atom is 0.311 e. The predicted molar refractivity (Wildman–Crippen MR) is 344 cm³/mol. The summed E-state index contributed by atoms with van der Waals surface area (Å²) in [6, 6.07) is -3.78. The fraction of sp³-hybridized carbons (Fsp3) is 0.952. The molecular weight excluding hydrogens is 1300 g/mol. The molecule has 8 unspecified atom stereocenters. The smallest absolute Gasteiger partial charge is 0.311 e. The normalized spacial score (nSPS) is 46.3. The molecule has 574 valence electrons. The lowest BCUT2D eigenvalue weighted by atomic mass is 9.73. The number of cyclic esters (lactones) is 1. The van der Waals surface area contributed by atoms with Gasteiger partial charge in [0.1, 0.15) is 91.1 Å². The molecule has 22 N–H and O–H groups in total. The molecule has 5 saturated heterocycles. The molecular formula is C63H119N7O28. The van der Waals surface area contributed by atoms with Gasteiger partial charge in [-0.15, -0.1) is 0 Å². The predicted octanol–water partition coefficient (Wildman–Crippen LogP) is -6.21. The average molecular weight is 1420 g/mol. The van der Waals surface area contributed by atoms with Crippen LogP contribution in [0.25, 0.3) is 0 Å². The Morgan fingerprint density at radius 2 is 1.36 bits per heavy atom. The van der Waals surface area contributed by atoms with E-state index < -0.39 is 212 Å². The quantitative estimate of drug-likeness (QED) is 0.0196. The van der Waals surface area contributed by atoms with Crippen molar-refractivity contribution in [3.63, 3.8) is 0 Å². The van der Waals surface area contributed by atoms with Crippen LogP contribution in [0.5, 0.6) is 0 Å². The molecule has 0 aromatic rings. The Hall–Kier alpha value is -2.75. The van der Waals surface area contributed by atoms with Crippen LogP contribution in [-0.4, -0.2) is 339 Å². The third-order valence-corrected chi connectivity index (χ3v) is 20.1. The van der Waals surface area contributed by atoms with E-state index in [0.717, 1.165) is 0 Å². The lowest BCUT2D eigenvalue weighted by molar-refractivity contribution is -0.332. The van der Waals surface area contributed by atoms with Crippen LogP contribution in [0.2, 0.25) is 0 Å². The van der Waals surface area contributed by atoms with E-state index >= 15 is 0 Å². The summed E-state index contributed by atoms with van der Waals surface area (Å²) in [6.45, 7) is 16.4. The van der Waals surface area contributed by atoms with Gasteiger partial charge in [0, 0.05) is 57.0 Å². The van der Waals surface area contributed by atoms with E-state index in [1.54, 1.807) is 55.6 Å². The third-order valence-electron chi connectivity index (χ3n) is 20.1. The Labute approximate surface area is 573 Å². The molecule has 98 heavy (non-hydrogen) atoms. The van der Waals surface area contributed by atoms with Gasteiger partial charge < -0.3 is 161 Å². The van der Waals surface area contributed by atoms with Gasteiger partial charge in [0.15, 0.2) is 25.2 Å². The molecule has 34 atom stereocenters. The van der Waals surface area contributed by atoms with Crippen molar-refractivity contribution in [1.82, 2.24) is 10.2 Å². The number of aliphatic hydroxyl groups is 13. The zero-order valence-corrected chi connectivity index (χ0v) is 59.0. The fourth-order valence-corrected chi connectivity index (χ4v) is 14.0. The number of likely N-dealkylation sites (N-methyl/N-ethyl adjacent to an activating group) is 1. The van der Waals surface area contributed by atoms with Crippen molar-refractivity contribution >= 4 is 17.6 Å². The van der Waals surface area contributed by atoms with Gasteiger partial charge in [-0.3, -0.25) is 9.59 Å². The number of hydrogen-bond acceptors (Lipinski definition) is 34. The van der Waals surface area contributed by atoms with Crippen molar-refractivity contribution in [1.29, 1.82) is 0 Å². The number of amides is 1. The van der Waals surface area contributed by atoms with E-state index in [-0.39, 0.29) is 70.7 Å². The Kier molecular flexibility index (Phi) is 33.1. The summed E-state index contributed by atoms with van der Waals surface area (Å²) in [6.07, 6.45) is -29.3. The van der Waals surface area contributed by atoms with Crippen LogP contribution in [0.15, 0.2) is 5.16 Å². The number of ether oxygens (including phenoxy) is 12. The first kappa shape index (κ1) is 85.9. The van der Waals surface area contributed by atoms with E-state index in [4.69, 9.17) is 84.6 Å². The maximum atomic E-state index is 14.3. The second kappa shape index (κ2) is 37.8. The van der Waals surface area contributed by atoms with Crippen molar-refractivity contribution in [2.75, 3.05) is 68.0 Å². The molecule has 6 fully saturated rings. The van der Waals surface area contributed by atoms with Crippen LogP contribution < -0.4 is 28.3 Å². The molecule has 5 aliphatic heterocycles. The van der Waals surface area contributed by atoms with Crippen LogP contribution in [0, 0.1) is 23.7 Å². The SMILES string of the molecule is CC[C@H]1OC(=O)[C@H](C)[C@@H](OC2CC(C)(OC)C(O)C(C)O2)[C@H](C)[C@@H](OC2OC(C)CC(N(C)C)C2O)[C@](C)(O)C[C@@H](C)/C(=N\OCOCCOC)[C@H](C)[C@@H](O)[C@]1(C)O.NCC[C@H](O)C(=O)N[C@@H]1C[C@H](N)[C@@H](O[C@H]2O[C@H](CN)[C@@H](O)[C@H](O)[C@H]2O)[C@H](O)[C@H]1O[C@H]1O[C@H](CO)[C@@H](O)[C@H](N)[C@H]1O. The monoisotopic (exact) mass is 1420 g/mol. The number of esters is 1. The van der Waals surface area contributed by atoms with Crippen molar-refractivity contribution in [3.05, 3.63) is 0 Å². The highest BCUT2D eigenvalue weighted by atomic mass is 16.8. The van der Waals surface area contributed by atoms with Gasteiger partial charge in [-0.05, 0) is 94.3 Å². The second-order valence-electron chi connectivity index (χ2n) is 28.1. The van der Waals surface area contributed by atoms with E-state index in [9.17, 15) is 76.0 Å². The fourth-order valence-electron chi connectivity index (χ4n) is 14.0. The van der Waals surface area contributed by atoms with Crippen LogP contribution >= 0.6 is 0 Å². The minimum absolute atomic E-state index is 0.0101. The Morgan fingerprint density at radius 1 is 0.735 bits per heavy atom. The van der Waals surface area contributed by atoms with E-state index in [2.05, 4.69) is 10.5 Å². The van der Waals surface area contributed by atoms with Gasteiger partial charge in [0.25, 0.3) is 0 Å². The summed E-state index contributed by atoms with van der Waals surface area (Å²) >= 11 is 0. The summed E-state index contributed by atoms with van der Waals surface area (Å²) in [4.78, 5) is 34.4. The summed E-state index contributed by atoms with van der Waals surface area (Å²) in [5.41, 5.74) is 18.6. The van der Waals surface area contributed by atoms with Gasteiger partial charge in [-0.2, -0.15) is 0 Å². The van der Waals surface area contributed by atoms with Crippen LogP contribution in [0.1, 0.15) is 108 Å². The van der Waals surface area contributed by atoms with Gasteiger partial charge in [-0.25, -0.2) is 0 Å². The molecule has 6 rings (SSSR count). The highest BCUT2D eigenvalue weighted by Gasteiger charge is 2.56. The Morgan fingerprint density at radius 3 is 1.95 bits per heavy atom. The Balaban J connectivity index is 0.000000378. The summed E-state index contributed by atoms with van der Waals surface area (Å²) in [5.74, 6) is -4.99. The van der Waals surface area contributed by atoms with Gasteiger partial charge >= 0.3 is 5.97 Å². The first-order chi connectivity index (χ1) is 45.8. The molecule has 0 bridgehead atoms. The lowest BCUT2D eigenvalue weighted by Crippen LogP contribution is -2.69. The molecule has 0 aromatic carbocycles. The number of aliphatic hydroxyl groups excluding tert-OH is 11. The van der Waals surface area contributed by atoms with E-state index in [1.807, 2.05) is 32.8 Å². The lowest BCUT2D eigenvalue weighted by Gasteiger charge is -2.49. The van der Waals surface area contributed by atoms with Crippen LogP contribution in [-0.2, 0) is 71.3 Å². The minimum Gasteiger partial charge on any atom is -0.459 e. The molecule has 5 heterocycles. The standard InChI is InChI=1S/C41H76N2O15.C22H43N5O13/c1-15-29-41(10,49)34(45)24(4)31(42-53-21-52-17-16-50-13)22(2)19-39(8,48)36(58-38-32(44)28(43(11)12)18-23(3)54-38)25(5)33(26(6)37(47)56-29)57-30-20-40(9,51-14)35(46)27(7)55-30;23-2-1-8(29)20(36)27-7-3-6(25)18(39-22-16(34)15(33)13(31)9(4-24)37-22)17(35)19(7)40-21-14(32)11(26)12(30)10(5-28)38-21/h22-30,32-36,38,44-46,48-49H,15-21H2,1-14H3;6-19,21-22,28-35H,1-5,23-26H2,(H,27,36)/b42-31+;/t22-,23?,24+,25+,26-,27?,28?,29-,30?,32?,33+,34-,35?,36-,38?,39-,40?,41-;6-,7+,8-,9+,10+,11-,12+,13+,14+,15-,16+,17-,18+,19-,21+,22+/m10/s1. The minimum atomic E-state index is -1.97. The Bertz CT molecular complexity index is 2430. The molecule has 6 aliphatic rings. The van der Waals surface area contributed by atoms with Crippen molar-refractivity contribution in [2.45, 2.75) is 290 Å². The van der Waals surface area contributed by atoms with Crippen molar-refractivity contribution in [2.24, 2.45) is 51.8 Å². The van der Waals surface area contributed by atoms with Gasteiger partial charge in [0.2, 0.25) is 12.7 Å². The topological polar surface area (TPSA) is 549 Å². The number of carbonyl (C=O) groups is 2. The van der Waals surface area contributed by atoms with Crippen molar-refractivity contribution in [3.8, 4) is 0 Å². The van der Waals surface area contributed by atoms with E-state index in [0.29, 0.717) is 18.7 Å². The number of hydrogen-bond donors (Lipinski definition) is 18. The van der Waals surface area contributed by atoms with Crippen LogP contribution in [0.4, 0.5) is 0 Å². The molecule has 1 aliphatic carbocycles. The van der Waals surface area contributed by atoms with Crippen molar-refractivity contribution < 1.29 is 138 Å². The number of oxime groups is 1. The third kappa shape index (κ3) is 20.8. The summed E-state index contributed by atoms with van der Waals surface area (Å²) in [5, 5.41) is 148. The molecule has 35 heteroatoms.